The van der Waals surface area contributed by atoms with E-state index in [0.717, 1.165) is 17.7 Å². The third kappa shape index (κ3) is 3.53. The zero-order valence-corrected chi connectivity index (χ0v) is 12.7. The molecule has 0 aliphatic heterocycles. The normalized spacial score (nSPS) is 16.4. The van der Waals surface area contributed by atoms with Gasteiger partial charge in [-0.15, -0.1) is 0 Å². The largest absolute Gasteiger partial charge is 0.479 e. The van der Waals surface area contributed by atoms with E-state index in [1.807, 2.05) is 4.57 Å². The van der Waals surface area contributed by atoms with Gasteiger partial charge in [-0.3, -0.25) is 4.90 Å². The van der Waals surface area contributed by atoms with E-state index in [1.54, 1.807) is 27.1 Å². The Kier molecular flexibility index (Phi) is 3.93. The maximum absolute atomic E-state index is 12.1. The number of carboxylic acid groups (broad SMARTS) is 1. The standard InChI is InChI=1S/C14H21N3O4/c1-14(2,3)21-13(20)16(4)11(12(18)19)10-7-15-8-17(10)9-5-6-9/h7-9,11H,5-6H2,1-4H3,(H,18,19). The minimum atomic E-state index is -1.11. The maximum Gasteiger partial charge on any atom is 0.411 e. The SMILES string of the molecule is CN(C(=O)OC(C)(C)C)C(C(=O)O)c1cncn1C1CC1. The maximum atomic E-state index is 12.1. The first-order valence-electron chi connectivity index (χ1n) is 6.91. The van der Waals surface area contributed by atoms with Crippen molar-refractivity contribution in [3.05, 3.63) is 18.2 Å². The van der Waals surface area contributed by atoms with Crippen LogP contribution in [0.5, 0.6) is 0 Å². The van der Waals surface area contributed by atoms with E-state index in [-0.39, 0.29) is 6.04 Å². The zero-order valence-electron chi connectivity index (χ0n) is 12.7. The van der Waals surface area contributed by atoms with Crippen LogP contribution in [0.1, 0.15) is 51.4 Å². The number of aliphatic carboxylic acids is 1. The van der Waals surface area contributed by atoms with Crippen LogP contribution in [0, 0.1) is 0 Å². The second kappa shape index (κ2) is 5.38. The van der Waals surface area contributed by atoms with Crippen LogP contribution >= 0.6 is 0 Å². The molecule has 1 fully saturated rings. The summed E-state index contributed by atoms with van der Waals surface area (Å²) in [6.07, 6.45) is 4.46. The lowest BCUT2D eigenvalue weighted by atomic mass is 10.2. The summed E-state index contributed by atoms with van der Waals surface area (Å²) >= 11 is 0. The number of hydrogen-bond acceptors (Lipinski definition) is 4. The number of likely N-dealkylation sites (N-methyl/N-ethyl adjacent to an activating group) is 1. The predicted octanol–water partition coefficient (Wildman–Crippen LogP) is 2.21. The first kappa shape index (κ1) is 15.3. The fraction of sp³-hybridized carbons (Fsp3) is 0.643. The highest BCUT2D eigenvalue weighted by atomic mass is 16.6. The van der Waals surface area contributed by atoms with Gasteiger partial charge in [0, 0.05) is 13.1 Å². The van der Waals surface area contributed by atoms with Gasteiger partial charge in [-0.25, -0.2) is 14.6 Å². The van der Waals surface area contributed by atoms with E-state index in [1.165, 1.54) is 13.2 Å². The van der Waals surface area contributed by atoms with Crippen molar-refractivity contribution in [2.45, 2.75) is 51.3 Å². The number of nitrogens with zero attached hydrogens (tertiary/aromatic N) is 3. The lowest BCUT2D eigenvalue weighted by molar-refractivity contribution is -0.143. The highest BCUT2D eigenvalue weighted by molar-refractivity contribution is 5.81. The monoisotopic (exact) mass is 295 g/mol. The van der Waals surface area contributed by atoms with Crippen molar-refractivity contribution in [2.24, 2.45) is 0 Å². The highest BCUT2D eigenvalue weighted by Gasteiger charge is 2.36. The van der Waals surface area contributed by atoms with Crippen LogP contribution in [0.3, 0.4) is 0 Å². The van der Waals surface area contributed by atoms with Gasteiger partial charge in [0.1, 0.15) is 5.60 Å². The molecule has 21 heavy (non-hydrogen) atoms. The van der Waals surface area contributed by atoms with Crippen LogP contribution in [0.25, 0.3) is 0 Å². The first-order chi connectivity index (χ1) is 9.70. The Morgan fingerprint density at radius 3 is 2.57 bits per heavy atom. The van der Waals surface area contributed by atoms with Crippen LogP contribution in [0.4, 0.5) is 4.79 Å². The third-order valence-electron chi connectivity index (χ3n) is 3.22. The molecule has 0 aromatic carbocycles. The molecule has 1 aromatic heterocycles. The average Bonchev–Trinajstić information content (AvgIpc) is 3.07. The molecular formula is C14H21N3O4. The third-order valence-corrected chi connectivity index (χ3v) is 3.22. The number of carbonyl (C=O) groups is 2. The molecule has 1 aromatic rings. The molecule has 2 rings (SSSR count). The van der Waals surface area contributed by atoms with Crippen molar-refractivity contribution in [1.29, 1.82) is 0 Å². The Labute approximate surface area is 123 Å². The Balaban J connectivity index is 2.24. The molecule has 1 unspecified atom stereocenters. The number of carboxylic acids is 1. The number of hydrogen-bond donors (Lipinski definition) is 1. The first-order valence-corrected chi connectivity index (χ1v) is 6.91. The topological polar surface area (TPSA) is 84.7 Å². The molecule has 1 amide bonds. The van der Waals surface area contributed by atoms with Gasteiger partial charge in [0.2, 0.25) is 0 Å². The second-order valence-electron chi connectivity index (χ2n) is 6.29. The van der Waals surface area contributed by atoms with Crippen LogP contribution < -0.4 is 0 Å². The summed E-state index contributed by atoms with van der Waals surface area (Å²) in [5, 5.41) is 9.50. The molecule has 7 nitrogen and oxygen atoms in total. The van der Waals surface area contributed by atoms with E-state index < -0.39 is 23.7 Å². The average molecular weight is 295 g/mol. The molecule has 1 heterocycles. The van der Waals surface area contributed by atoms with E-state index in [2.05, 4.69) is 4.98 Å². The van der Waals surface area contributed by atoms with E-state index in [9.17, 15) is 14.7 Å². The smallest absolute Gasteiger partial charge is 0.411 e. The van der Waals surface area contributed by atoms with Gasteiger partial charge < -0.3 is 14.4 Å². The molecule has 0 saturated heterocycles. The Morgan fingerprint density at radius 2 is 2.10 bits per heavy atom. The lowest BCUT2D eigenvalue weighted by Gasteiger charge is -2.28. The molecule has 1 saturated carbocycles. The number of amides is 1. The molecule has 116 valence electrons. The fourth-order valence-corrected chi connectivity index (χ4v) is 2.11. The van der Waals surface area contributed by atoms with Gasteiger partial charge in [0.25, 0.3) is 0 Å². The van der Waals surface area contributed by atoms with Gasteiger partial charge in [-0.1, -0.05) is 0 Å². The van der Waals surface area contributed by atoms with Crippen LogP contribution in [-0.4, -0.2) is 44.3 Å². The number of carbonyl (C=O) groups excluding carboxylic acids is 1. The zero-order chi connectivity index (χ0) is 15.8. The Hall–Kier alpha value is -2.05. The van der Waals surface area contributed by atoms with Crippen molar-refractivity contribution < 1.29 is 19.4 Å². The summed E-state index contributed by atoms with van der Waals surface area (Å²) in [5.41, 5.74) is -0.177. The molecule has 1 aliphatic rings. The van der Waals surface area contributed by atoms with Crippen molar-refractivity contribution in [1.82, 2.24) is 14.5 Å². The number of rotatable bonds is 4. The summed E-state index contributed by atoms with van der Waals surface area (Å²) in [7, 11) is 1.43. The number of aromatic nitrogens is 2. The molecule has 0 bridgehead atoms. The predicted molar refractivity (Wildman–Crippen MR) is 74.9 cm³/mol. The van der Waals surface area contributed by atoms with Crippen molar-refractivity contribution in [2.75, 3.05) is 7.05 Å². The minimum Gasteiger partial charge on any atom is -0.479 e. The quantitative estimate of drug-likeness (QED) is 0.920. The van der Waals surface area contributed by atoms with Gasteiger partial charge in [0.05, 0.1) is 18.2 Å². The highest BCUT2D eigenvalue weighted by Crippen LogP contribution is 2.37. The van der Waals surface area contributed by atoms with Crippen LogP contribution in [0.15, 0.2) is 12.5 Å². The van der Waals surface area contributed by atoms with Crippen molar-refractivity contribution >= 4 is 12.1 Å². The molecule has 1 atom stereocenters. The number of imidazole rings is 1. The summed E-state index contributed by atoms with van der Waals surface area (Å²) in [6, 6.07) is -0.820. The van der Waals surface area contributed by atoms with Crippen molar-refractivity contribution in [3.63, 3.8) is 0 Å². The van der Waals surface area contributed by atoms with Gasteiger partial charge >= 0.3 is 12.1 Å². The molecular weight excluding hydrogens is 274 g/mol. The summed E-state index contributed by atoms with van der Waals surface area (Å²) in [4.78, 5) is 28.8. The fourth-order valence-electron chi connectivity index (χ4n) is 2.11. The number of ether oxygens (including phenoxy) is 1. The second-order valence-corrected chi connectivity index (χ2v) is 6.29. The van der Waals surface area contributed by atoms with Gasteiger partial charge in [0.15, 0.2) is 6.04 Å². The Bertz CT molecular complexity index is 543. The molecule has 1 aliphatic carbocycles. The molecule has 7 heteroatoms. The minimum absolute atomic E-state index is 0.288. The van der Waals surface area contributed by atoms with Gasteiger partial charge in [-0.05, 0) is 33.6 Å². The molecule has 1 N–H and O–H groups in total. The van der Waals surface area contributed by atoms with Gasteiger partial charge in [-0.2, -0.15) is 0 Å². The summed E-state index contributed by atoms with van der Waals surface area (Å²) in [5.74, 6) is -1.11. The van der Waals surface area contributed by atoms with E-state index >= 15 is 0 Å². The molecule has 0 spiro atoms. The van der Waals surface area contributed by atoms with E-state index in [0.29, 0.717) is 5.69 Å². The van der Waals surface area contributed by atoms with E-state index in [4.69, 9.17) is 4.74 Å². The lowest BCUT2D eigenvalue weighted by Crippen LogP contribution is -2.40. The molecule has 0 radical (unpaired) electrons. The van der Waals surface area contributed by atoms with Crippen LogP contribution in [0.2, 0.25) is 0 Å². The van der Waals surface area contributed by atoms with Crippen LogP contribution in [-0.2, 0) is 9.53 Å². The summed E-state index contributed by atoms with van der Waals surface area (Å²) in [6.45, 7) is 5.22. The summed E-state index contributed by atoms with van der Waals surface area (Å²) < 4.78 is 7.07. The van der Waals surface area contributed by atoms with Crippen molar-refractivity contribution in [3.8, 4) is 0 Å². The Morgan fingerprint density at radius 1 is 1.48 bits per heavy atom.